The Bertz CT molecular complexity index is 567. The molecule has 2 rings (SSSR count). The molecule has 100 valence electrons. The number of hydrogen-bond donors (Lipinski definition) is 1. The first-order valence-electron chi connectivity index (χ1n) is 6.09. The first kappa shape index (κ1) is 13.5. The van der Waals surface area contributed by atoms with Crippen molar-refractivity contribution in [3.05, 3.63) is 56.3 Å². The van der Waals surface area contributed by atoms with Crippen LogP contribution in [0.2, 0.25) is 0 Å². The highest BCUT2D eigenvalue weighted by Crippen LogP contribution is 2.26. The van der Waals surface area contributed by atoms with Crippen LogP contribution in [0.1, 0.15) is 18.1 Å². The van der Waals surface area contributed by atoms with Crippen LogP contribution in [0.15, 0.2) is 35.0 Å². The lowest BCUT2D eigenvalue weighted by molar-refractivity contribution is -0.384. The molecule has 19 heavy (non-hydrogen) atoms. The van der Waals surface area contributed by atoms with E-state index in [4.69, 9.17) is 0 Å². The molecule has 0 saturated carbocycles. The van der Waals surface area contributed by atoms with Crippen LogP contribution in [0.4, 0.5) is 11.4 Å². The highest BCUT2D eigenvalue weighted by atomic mass is 32.1. The molecule has 0 amide bonds. The average Bonchev–Trinajstić information content (AvgIpc) is 2.81. The second-order valence-corrected chi connectivity index (χ2v) is 5.44. The number of nitro benzene ring substituents is 1. The molecule has 4 nitrogen and oxygen atoms in total. The third-order valence-corrected chi connectivity index (χ3v) is 3.60. The van der Waals surface area contributed by atoms with Gasteiger partial charge in [0.05, 0.1) is 4.92 Å². The number of thiophene rings is 1. The van der Waals surface area contributed by atoms with Gasteiger partial charge in [0.2, 0.25) is 0 Å². The molecule has 5 heteroatoms. The van der Waals surface area contributed by atoms with E-state index in [9.17, 15) is 10.1 Å². The zero-order valence-corrected chi connectivity index (χ0v) is 11.7. The third kappa shape index (κ3) is 3.54. The van der Waals surface area contributed by atoms with Crippen molar-refractivity contribution in [2.45, 2.75) is 26.3 Å². The summed E-state index contributed by atoms with van der Waals surface area (Å²) in [6.45, 7) is 3.96. The summed E-state index contributed by atoms with van der Waals surface area (Å²) in [6, 6.07) is 7.35. The Hall–Kier alpha value is -1.88. The van der Waals surface area contributed by atoms with Crippen LogP contribution in [-0.4, -0.2) is 11.0 Å². The minimum Gasteiger partial charge on any atom is -0.377 e. The standard InChI is InChI=1S/C14H16N2O2S/c1-10-3-4-14(16(17)18)13(7-10)15-11(2)8-12-5-6-19-9-12/h3-7,9,11,15H,8H2,1-2H3. The minimum absolute atomic E-state index is 0.128. The number of nitrogens with one attached hydrogen (secondary N) is 1. The summed E-state index contributed by atoms with van der Waals surface area (Å²) >= 11 is 1.66. The minimum atomic E-state index is -0.348. The van der Waals surface area contributed by atoms with Gasteiger partial charge >= 0.3 is 0 Å². The van der Waals surface area contributed by atoms with Crippen LogP contribution in [0, 0.1) is 17.0 Å². The Kier molecular flexibility index (Phi) is 4.16. The van der Waals surface area contributed by atoms with Crippen LogP contribution >= 0.6 is 11.3 Å². The summed E-state index contributed by atoms with van der Waals surface area (Å²) in [5.41, 5.74) is 2.98. The molecule has 0 aliphatic heterocycles. The van der Waals surface area contributed by atoms with Crippen molar-refractivity contribution >= 4 is 22.7 Å². The van der Waals surface area contributed by atoms with Crippen molar-refractivity contribution < 1.29 is 4.92 Å². The number of anilines is 1. The van der Waals surface area contributed by atoms with E-state index < -0.39 is 0 Å². The molecule has 0 bridgehead atoms. The zero-order valence-electron chi connectivity index (χ0n) is 10.9. The maximum Gasteiger partial charge on any atom is 0.292 e. The summed E-state index contributed by atoms with van der Waals surface area (Å²) in [6.07, 6.45) is 0.856. The summed E-state index contributed by atoms with van der Waals surface area (Å²) in [4.78, 5) is 10.7. The van der Waals surface area contributed by atoms with E-state index in [1.54, 1.807) is 23.5 Å². The topological polar surface area (TPSA) is 55.2 Å². The van der Waals surface area contributed by atoms with Crippen molar-refractivity contribution in [2.75, 3.05) is 5.32 Å². The maximum absolute atomic E-state index is 11.0. The van der Waals surface area contributed by atoms with Crippen LogP contribution < -0.4 is 5.32 Å². The average molecular weight is 276 g/mol. The molecule has 0 aliphatic rings. The van der Waals surface area contributed by atoms with Gasteiger partial charge in [-0.1, -0.05) is 6.07 Å². The number of aryl methyl sites for hydroxylation is 1. The van der Waals surface area contributed by atoms with E-state index in [0.29, 0.717) is 5.69 Å². The molecule has 2 aromatic rings. The lowest BCUT2D eigenvalue weighted by Crippen LogP contribution is -2.18. The molecule has 1 unspecified atom stereocenters. The van der Waals surface area contributed by atoms with E-state index in [1.165, 1.54) is 5.56 Å². The van der Waals surface area contributed by atoms with E-state index in [0.717, 1.165) is 12.0 Å². The molecule has 1 N–H and O–H groups in total. The molecule has 1 heterocycles. The summed E-state index contributed by atoms with van der Waals surface area (Å²) in [5.74, 6) is 0. The molecule has 1 aromatic heterocycles. The van der Waals surface area contributed by atoms with Gasteiger partial charge in [0.15, 0.2) is 0 Å². The van der Waals surface area contributed by atoms with E-state index in [-0.39, 0.29) is 16.7 Å². The number of nitro groups is 1. The quantitative estimate of drug-likeness (QED) is 0.663. The van der Waals surface area contributed by atoms with Gasteiger partial charge in [0.25, 0.3) is 5.69 Å². The van der Waals surface area contributed by atoms with Gasteiger partial charge in [0, 0.05) is 12.1 Å². The molecule has 0 fully saturated rings. The Morgan fingerprint density at radius 1 is 1.42 bits per heavy atom. The van der Waals surface area contributed by atoms with Gasteiger partial charge in [0.1, 0.15) is 5.69 Å². The highest BCUT2D eigenvalue weighted by molar-refractivity contribution is 7.07. The van der Waals surface area contributed by atoms with Gasteiger partial charge in [-0.3, -0.25) is 10.1 Å². The number of rotatable bonds is 5. The van der Waals surface area contributed by atoms with Crippen LogP contribution in [0.5, 0.6) is 0 Å². The lowest BCUT2D eigenvalue weighted by Gasteiger charge is -2.15. The fraction of sp³-hybridized carbons (Fsp3) is 0.286. The van der Waals surface area contributed by atoms with E-state index in [2.05, 4.69) is 16.8 Å². The summed E-state index contributed by atoms with van der Waals surface area (Å²) < 4.78 is 0. The van der Waals surface area contributed by atoms with Gasteiger partial charge in [-0.05, 0) is 54.3 Å². The summed E-state index contributed by atoms with van der Waals surface area (Å²) in [7, 11) is 0. The van der Waals surface area contributed by atoms with Crippen LogP contribution in [0.3, 0.4) is 0 Å². The molecule has 0 aliphatic carbocycles. The maximum atomic E-state index is 11.0. The van der Waals surface area contributed by atoms with E-state index in [1.807, 2.05) is 25.3 Å². The molecule has 1 atom stereocenters. The SMILES string of the molecule is Cc1ccc([N+](=O)[O-])c(NC(C)Cc2ccsc2)c1. The number of hydrogen-bond acceptors (Lipinski definition) is 4. The van der Waals surface area contributed by atoms with Crippen molar-refractivity contribution in [3.63, 3.8) is 0 Å². The molecular formula is C14H16N2O2S. The van der Waals surface area contributed by atoms with Gasteiger partial charge in [-0.15, -0.1) is 0 Å². The zero-order chi connectivity index (χ0) is 13.8. The molecule has 0 saturated heterocycles. The van der Waals surface area contributed by atoms with Crippen molar-refractivity contribution in [3.8, 4) is 0 Å². The number of benzene rings is 1. The van der Waals surface area contributed by atoms with Crippen LogP contribution in [-0.2, 0) is 6.42 Å². The molecule has 0 spiro atoms. The van der Waals surface area contributed by atoms with Gasteiger partial charge in [-0.2, -0.15) is 11.3 Å². The fourth-order valence-electron chi connectivity index (χ4n) is 2.00. The Labute approximate surface area is 116 Å². The van der Waals surface area contributed by atoms with Crippen molar-refractivity contribution in [1.82, 2.24) is 0 Å². The third-order valence-electron chi connectivity index (χ3n) is 2.87. The van der Waals surface area contributed by atoms with Crippen molar-refractivity contribution in [2.24, 2.45) is 0 Å². The second-order valence-electron chi connectivity index (χ2n) is 4.66. The predicted octanol–water partition coefficient (Wildman–Crippen LogP) is 4.01. The monoisotopic (exact) mass is 276 g/mol. The normalized spacial score (nSPS) is 12.1. The fourth-order valence-corrected chi connectivity index (χ4v) is 2.69. The first-order valence-corrected chi connectivity index (χ1v) is 7.03. The van der Waals surface area contributed by atoms with Crippen molar-refractivity contribution in [1.29, 1.82) is 0 Å². The lowest BCUT2D eigenvalue weighted by atomic mass is 10.1. The number of nitrogens with zero attached hydrogens (tertiary/aromatic N) is 1. The second kappa shape index (κ2) is 5.84. The predicted molar refractivity (Wildman–Crippen MR) is 78.9 cm³/mol. The van der Waals surface area contributed by atoms with Crippen LogP contribution in [0.25, 0.3) is 0 Å². The Morgan fingerprint density at radius 2 is 2.21 bits per heavy atom. The smallest absolute Gasteiger partial charge is 0.292 e. The Morgan fingerprint density at radius 3 is 2.84 bits per heavy atom. The highest BCUT2D eigenvalue weighted by Gasteiger charge is 2.15. The van der Waals surface area contributed by atoms with Gasteiger partial charge < -0.3 is 5.32 Å². The Balaban J connectivity index is 2.13. The van der Waals surface area contributed by atoms with E-state index >= 15 is 0 Å². The molecule has 1 aromatic carbocycles. The van der Waals surface area contributed by atoms with Gasteiger partial charge in [-0.25, -0.2) is 0 Å². The summed E-state index contributed by atoms with van der Waals surface area (Å²) in [5, 5.41) is 18.4. The molecule has 0 radical (unpaired) electrons. The molecular weight excluding hydrogens is 260 g/mol. The largest absolute Gasteiger partial charge is 0.377 e. The first-order chi connectivity index (χ1) is 9.06.